The van der Waals surface area contributed by atoms with Crippen LogP contribution < -0.4 is 10.6 Å². The second kappa shape index (κ2) is 7.38. The molecule has 2 unspecified atom stereocenters. The Balaban J connectivity index is 1.61. The van der Waals surface area contributed by atoms with Gasteiger partial charge in [-0.15, -0.1) is 0 Å². The van der Waals surface area contributed by atoms with E-state index >= 15 is 0 Å². The summed E-state index contributed by atoms with van der Waals surface area (Å²) in [5, 5.41) is 5.41. The predicted molar refractivity (Wildman–Crippen MR) is 102 cm³/mol. The highest BCUT2D eigenvalue weighted by molar-refractivity contribution is 6.09. The van der Waals surface area contributed by atoms with Crippen LogP contribution in [0.15, 0.2) is 65.9 Å². The van der Waals surface area contributed by atoms with Gasteiger partial charge in [0.05, 0.1) is 5.92 Å². The number of nitrogens with one attached hydrogen (secondary N) is 2. The number of rotatable bonds is 3. The first-order valence-corrected chi connectivity index (χ1v) is 9.18. The zero-order valence-corrected chi connectivity index (χ0v) is 15.1. The van der Waals surface area contributed by atoms with Crippen molar-refractivity contribution in [1.29, 1.82) is 0 Å². The zero-order chi connectivity index (χ0) is 19.7. The highest BCUT2D eigenvalue weighted by Gasteiger charge is 2.40. The number of halogens is 1. The Labute approximate surface area is 161 Å². The van der Waals surface area contributed by atoms with Crippen molar-refractivity contribution in [3.63, 3.8) is 0 Å². The first-order chi connectivity index (χ1) is 13.5. The Morgan fingerprint density at radius 1 is 1.00 bits per heavy atom. The minimum Gasteiger partial charge on any atom is -0.329 e. The maximum Gasteiger partial charge on any atom is 0.232 e. The molecule has 0 fully saturated rings. The number of carbonyl (C=O) groups is 3. The quantitative estimate of drug-likeness (QED) is 0.861. The van der Waals surface area contributed by atoms with E-state index in [4.69, 9.17) is 0 Å². The minimum absolute atomic E-state index is 0.0298. The van der Waals surface area contributed by atoms with Crippen molar-refractivity contribution >= 4 is 23.3 Å². The third-order valence-electron chi connectivity index (χ3n) is 5.22. The van der Waals surface area contributed by atoms with Crippen LogP contribution in [0.5, 0.6) is 0 Å². The number of ketones is 1. The van der Waals surface area contributed by atoms with Crippen LogP contribution in [0.3, 0.4) is 0 Å². The van der Waals surface area contributed by atoms with Gasteiger partial charge in [0.1, 0.15) is 5.82 Å². The average molecular weight is 378 g/mol. The summed E-state index contributed by atoms with van der Waals surface area (Å²) in [5.74, 6) is -2.26. The van der Waals surface area contributed by atoms with Gasteiger partial charge in [0, 0.05) is 29.8 Å². The smallest absolute Gasteiger partial charge is 0.232 e. The third kappa shape index (κ3) is 3.58. The van der Waals surface area contributed by atoms with E-state index in [2.05, 4.69) is 10.6 Å². The van der Waals surface area contributed by atoms with Gasteiger partial charge in [0.2, 0.25) is 11.8 Å². The van der Waals surface area contributed by atoms with Crippen molar-refractivity contribution in [3.8, 4) is 0 Å². The van der Waals surface area contributed by atoms with Crippen molar-refractivity contribution < 1.29 is 18.8 Å². The first-order valence-electron chi connectivity index (χ1n) is 9.18. The molecule has 2 aliphatic rings. The third-order valence-corrected chi connectivity index (χ3v) is 5.22. The van der Waals surface area contributed by atoms with Crippen molar-refractivity contribution in [3.05, 3.63) is 77.2 Å². The molecule has 4 rings (SSSR count). The Morgan fingerprint density at radius 2 is 1.79 bits per heavy atom. The fourth-order valence-electron chi connectivity index (χ4n) is 3.94. The molecule has 0 saturated carbocycles. The number of carbonyl (C=O) groups excluding carboxylic acids is 3. The molecule has 2 amide bonds. The van der Waals surface area contributed by atoms with Crippen LogP contribution in [0.2, 0.25) is 0 Å². The molecule has 1 heterocycles. The van der Waals surface area contributed by atoms with Crippen LogP contribution in [0.25, 0.3) is 0 Å². The molecule has 28 heavy (non-hydrogen) atoms. The Hall–Kier alpha value is -3.28. The standard InChI is InChI=1S/C22H19FN2O3/c23-15-7-4-8-16(11-15)24-22(28)17-12-20(27)25-18-9-14(10-19(26)21(17)18)13-5-2-1-3-6-13/h1-8,11,14,17H,9-10,12H2,(H,24,28)(H,25,27). The lowest BCUT2D eigenvalue weighted by atomic mass is 9.75. The summed E-state index contributed by atoms with van der Waals surface area (Å²) in [6.07, 6.45) is 0.699. The molecule has 2 atom stereocenters. The zero-order valence-electron chi connectivity index (χ0n) is 15.1. The highest BCUT2D eigenvalue weighted by atomic mass is 19.1. The molecule has 1 aliphatic carbocycles. The van der Waals surface area contributed by atoms with E-state index < -0.39 is 17.6 Å². The number of hydrogen-bond acceptors (Lipinski definition) is 3. The van der Waals surface area contributed by atoms with E-state index in [0.717, 1.165) is 5.56 Å². The number of benzene rings is 2. The maximum atomic E-state index is 13.4. The molecule has 5 nitrogen and oxygen atoms in total. The highest BCUT2D eigenvalue weighted by Crippen LogP contribution is 2.39. The monoisotopic (exact) mass is 378 g/mol. The van der Waals surface area contributed by atoms with Crippen LogP contribution in [-0.2, 0) is 14.4 Å². The average Bonchev–Trinajstić information content (AvgIpc) is 2.67. The van der Waals surface area contributed by atoms with Crippen LogP contribution in [0.4, 0.5) is 10.1 Å². The van der Waals surface area contributed by atoms with Crippen molar-refractivity contribution in [1.82, 2.24) is 5.32 Å². The summed E-state index contributed by atoms with van der Waals surface area (Å²) in [6, 6.07) is 15.2. The SMILES string of the molecule is O=C1CC(C(=O)Nc2cccc(F)c2)C2=C(CC(c3ccccc3)CC2=O)N1. The molecular formula is C22H19FN2O3. The van der Waals surface area contributed by atoms with E-state index in [9.17, 15) is 18.8 Å². The van der Waals surface area contributed by atoms with E-state index in [1.54, 1.807) is 6.07 Å². The molecular weight excluding hydrogens is 359 g/mol. The number of allylic oxidation sites excluding steroid dienone is 1. The molecule has 2 aromatic rings. The topological polar surface area (TPSA) is 75.3 Å². The van der Waals surface area contributed by atoms with Gasteiger partial charge in [-0.2, -0.15) is 0 Å². The molecule has 0 aromatic heterocycles. The van der Waals surface area contributed by atoms with Crippen LogP contribution in [0.1, 0.15) is 30.7 Å². The molecule has 1 aliphatic heterocycles. The van der Waals surface area contributed by atoms with E-state index in [1.165, 1.54) is 18.2 Å². The second-order valence-electron chi connectivity index (χ2n) is 7.14. The molecule has 2 N–H and O–H groups in total. The summed E-state index contributed by atoms with van der Waals surface area (Å²) < 4.78 is 13.4. The fraction of sp³-hybridized carbons (Fsp3) is 0.227. The van der Waals surface area contributed by atoms with Gasteiger partial charge in [-0.1, -0.05) is 36.4 Å². The Morgan fingerprint density at radius 3 is 2.54 bits per heavy atom. The second-order valence-corrected chi connectivity index (χ2v) is 7.14. The van der Waals surface area contributed by atoms with Gasteiger partial charge in [-0.25, -0.2) is 4.39 Å². The van der Waals surface area contributed by atoms with E-state index in [-0.39, 0.29) is 24.0 Å². The normalized spacial score (nSPS) is 21.8. The lowest BCUT2D eigenvalue weighted by Gasteiger charge is -2.33. The van der Waals surface area contributed by atoms with Gasteiger partial charge in [0.25, 0.3) is 0 Å². The maximum absolute atomic E-state index is 13.4. The summed E-state index contributed by atoms with van der Waals surface area (Å²) in [4.78, 5) is 37.9. The van der Waals surface area contributed by atoms with E-state index in [0.29, 0.717) is 29.8 Å². The summed E-state index contributed by atoms with van der Waals surface area (Å²) in [6.45, 7) is 0. The van der Waals surface area contributed by atoms with Crippen molar-refractivity contribution in [2.45, 2.75) is 25.2 Å². The Kier molecular flexibility index (Phi) is 4.77. The largest absolute Gasteiger partial charge is 0.329 e. The lowest BCUT2D eigenvalue weighted by Crippen LogP contribution is -2.43. The minimum atomic E-state index is -0.865. The van der Waals surface area contributed by atoms with Crippen LogP contribution >= 0.6 is 0 Å². The molecule has 0 radical (unpaired) electrons. The number of amides is 2. The van der Waals surface area contributed by atoms with Gasteiger partial charge in [0.15, 0.2) is 5.78 Å². The fourth-order valence-corrected chi connectivity index (χ4v) is 3.94. The lowest BCUT2D eigenvalue weighted by molar-refractivity contribution is -0.129. The molecule has 142 valence electrons. The van der Waals surface area contributed by atoms with Crippen molar-refractivity contribution in [2.24, 2.45) is 5.92 Å². The molecule has 0 bridgehead atoms. The predicted octanol–water partition coefficient (Wildman–Crippen LogP) is 3.30. The molecule has 6 heteroatoms. The first kappa shape index (κ1) is 18.1. The van der Waals surface area contributed by atoms with Gasteiger partial charge in [-0.3, -0.25) is 14.4 Å². The number of Topliss-reactive ketones (excluding diaryl/α,β-unsaturated/α-hetero) is 1. The van der Waals surface area contributed by atoms with E-state index in [1.807, 2.05) is 30.3 Å². The van der Waals surface area contributed by atoms with Gasteiger partial charge >= 0.3 is 0 Å². The van der Waals surface area contributed by atoms with Gasteiger partial charge in [-0.05, 0) is 36.1 Å². The van der Waals surface area contributed by atoms with Gasteiger partial charge < -0.3 is 10.6 Å². The molecule has 0 spiro atoms. The van der Waals surface area contributed by atoms with Crippen LogP contribution in [-0.4, -0.2) is 17.6 Å². The Bertz CT molecular complexity index is 984. The summed E-state index contributed by atoms with van der Waals surface area (Å²) in [5.41, 5.74) is 2.23. The molecule has 2 aromatic carbocycles. The summed E-state index contributed by atoms with van der Waals surface area (Å²) >= 11 is 0. The van der Waals surface area contributed by atoms with Crippen LogP contribution in [0, 0.1) is 11.7 Å². The molecule has 0 saturated heterocycles. The summed E-state index contributed by atoms with van der Waals surface area (Å²) in [7, 11) is 0. The number of hydrogen-bond donors (Lipinski definition) is 2. The number of anilines is 1. The van der Waals surface area contributed by atoms with Crippen molar-refractivity contribution in [2.75, 3.05) is 5.32 Å².